The van der Waals surface area contributed by atoms with Crippen molar-refractivity contribution in [3.63, 3.8) is 0 Å². The van der Waals surface area contributed by atoms with Crippen LogP contribution in [0.3, 0.4) is 0 Å². The molecule has 6 heteroatoms. The van der Waals surface area contributed by atoms with E-state index in [2.05, 4.69) is 34.0 Å². The Kier molecular flexibility index (Phi) is 8.12. The number of nitrogens with two attached hydrogens (primary N) is 1. The molecule has 0 radical (unpaired) electrons. The van der Waals surface area contributed by atoms with E-state index in [-0.39, 0.29) is 0 Å². The van der Waals surface area contributed by atoms with E-state index in [4.69, 9.17) is 10.5 Å². The maximum atomic E-state index is 5.99. The lowest BCUT2D eigenvalue weighted by atomic mass is 10.0. The normalized spacial score (nSPS) is 26.2. The molecule has 134 valence electrons. The van der Waals surface area contributed by atoms with Gasteiger partial charge in [-0.2, -0.15) is 0 Å². The monoisotopic (exact) mass is 325 g/mol. The van der Waals surface area contributed by atoms with Crippen molar-refractivity contribution < 1.29 is 4.74 Å². The topological polar surface area (TPSA) is 66.1 Å². The molecule has 0 saturated carbocycles. The van der Waals surface area contributed by atoms with Crippen LogP contribution in [0.2, 0.25) is 0 Å². The van der Waals surface area contributed by atoms with Crippen molar-refractivity contribution in [1.82, 2.24) is 15.1 Å². The average molecular weight is 326 g/mol. The first-order chi connectivity index (χ1) is 11.2. The number of morpholine rings is 1. The van der Waals surface area contributed by atoms with Crippen LogP contribution in [0.15, 0.2) is 4.99 Å². The highest BCUT2D eigenvalue weighted by atomic mass is 16.5. The van der Waals surface area contributed by atoms with E-state index in [0.717, 1.165) is 52.4 Å². The quantitative estimate of drug-likeness (QED) is 0.413. The zero-order chi connectivity index (χ0) is 16.5. The lowest BCUT2D eigenvalue weighted by Crippen LogP contribution is -2.45. The van der Waals surface area contributed by atoms with E-state index in [0.29, 0.717) is 18.0 Å². The van der Waals surface area contributed by atoms with Gasteiger partial charge in [-0.3, -0.25) is 14.8 Å². The van der Waals surface area contributed by atoms with Gasteiger partial charge in [0.15, 0.2) is 5.96 Å². The highest BCUT2D eigenvalue weighted by Gasteiger charge is 2.22. The van der Waals surface area contributed by atoms with E-state index in [1.54, 1.807) is 0 Å². The molecular formula is C17H35N5O. The summed E-state index contributed by atoms with van der Waals surface area (Å²) in [5.41, 5.74) is 5.99. The first-order valence-electron chi connectivity index (χ1n) is 9.26. The van der Waals surface area contributed by atoms with Crippen LogP contribution >= 0.6 is 0 Å². The number of ether oxygens (including phenoxy) is 1. The van der Waals surface area contributed by atoms with Crippen LogP contribution in [0.4, 0.5) is 0 Å². The minimum atomic E-state index is 0.471. The Labute approximate surface area is 141 Å². The minimum Gasteiger partial charge on any atom is -0.379 e. The van der Waals surface area contributed by atoms with Crippen molar-refractivity contribution in [1.29, 1.82) is 0 Å². The molecule has 6 nitrogen and oxygen atoms in total. The third-order valence-corrected chi connectivity index (χ3v) is 5.01. The molecule has 0 aromatic rings. The largest absolute Gasteiger partial charge is 0.379 e. The van der Waals surface area contributed by atoms with Crippen LogP contribution in [0.25, 0.3) is 0 Å². The number of hydrogen-bond donors (Lipinski definition) is 2. The standard InChI is InChI=1S/C17H35N5O/c1-15-6-3-4-9-22(15)16(2)14-20-17(18)19-7-5-8-21-10-12-23-13-11-21/h15-16H,3-14H2,1-2H3,(H3,18,19,20). The molecule has 2 aliphatic heterocycles. The SMILES string of the molecule is CC1CCCCN1C(C)CN=C(N)NCCCN1CCOCC1. The number of nitrogens with one attached hydrogen (secondary N) is 1. The maximum absolute atomic E-state index is 5.99. The maximum Gasteiger partial charge on any atom is 0.188 e. The van der Waals surface area contributed by atoms with E-state index >= 15 is 0 Å². The second-order valence-electron chi connectivity index (χ2n) is 6.89. The Bertz CT molecular complexity index is 357. The van der Waals surface area contributed by atoms with Crippen LogP contribution in [0.5, 0.6) is 0 Å². The Hall–Kier alpha value is -0.850. The number of nitrogens with zero attached hydrogens (tertiary/aromatic N) is 3. The zero-order valence-electron chi connectivity index (χ0n) is 15.0. The van der Waals surface area contributed by atoms with Gasteiger partial charge in [0, 0.05) is 31.7 Å². The average Bonchev–Trinajstić information content (AvgIpc) is 2.58. The number of rotatable bonds is 7. The predicted molar refractivity (Wildman–Crippen MR) is 95.8 cm³/mol. The summed E-state index contributed by atoms with van der Waals surface area (Å²) in [7, 11) is 0. The number of piperidine rings is 1. The molecule has 23 heavy (non-hydrogen) atoms. The Balaban J connectivity index is 1.58. The van der Waals surface area contributed by atoms with Crippen LogP contribution in [-0.4, -0.2) is 80.3 Å². The van der Waals surface area contributed by atoms with Crippen molar-refractivity contribution in [3.05, 3.63) is 0 Å². The van der Waals surface area contributed by atoms with E-state index in [9.17, 15) is 0 Å². The Morgan fingerprint density at radius 3 is 2.83 bits per heavy atom. The second kappa shape index (κ2) is 10.1. The van der Waals surface area contributed by atoms with Crippen LogP contribution in [-0.2, 0) is 4.74 Å². The van der Waals surface area contributed by atoms with Gasteiger partial charge in [0.2, 0.25) is 0 Å². The molecule has 2 rings (SSSR count). The third-order valence-electron chi connectivity index (χ3n) is 5.01. The summed E-state index contributed by atoms with van der Waals surface area (Å²) >= 11 is 0. The van der Waals surface area contributed by atoms with Crippen LogP contribution < -0.4 is 11.1 Å². The molecule has 0 aromatic carbocycles. The van der Waals surface area contributed by atoms with Crippen LogP contribution in [0, 0.1) is 0 Å². The van der Waals surface area contributed by atoms with Gasteiger partial charge < -0.3 is 15.8 Å². The first kappa shape index (κ1) is 18.5. The van der Waals surface area contributed by atoms with Crippen molar-refractivity contribution in [2.24, 2.45) is 10.7 Å². The van der Waals surface area contributed by atoms with Gasteiger partial charge >= 0.3 is 0 Å². The Morgan fingerprint density at radius 1 is 1.30 bits per heavy atom. The molecule has 0 aliphatic carbocycles. The molecule has 3 N–H and O–H groups in total. The Morgan fingerprint density at radius 2 is 2.09 bits per heavy atom. The smallest absolute Gasteiger partial charge is 0.188 e. The van der Waals surface area contributed by atoms with Gasteiger partial charge in [-0.25, -0.2) is 0 Å². The zero-order valence-corrected chi connectivity index (χ0v) is 15.0. The molecule has 0 aromatic heterocycles. The summed E-state index contributed by atoms with van der Waals surface area (Å²) in [6.07, 6.45) is 5.08. The molecule has 0 amide bonds. The molecule has 2 aliphatic rings. The highest BCUT2D eigenvalue weighted by molar-refractivity contribution is 5.77. The molecule has 0 spiro atoms. The summed E-state index contributed by atoms with van der Waals surface area (Å²) in [4.78, 5) is 9.54. The van der Waals surface area contributed by atoms with Crippen molar-refractivity contribution in [3.8, 4) is 0 Å². The van der Waals surface area contributed by atoms with Gasteiger partial charge in [-0.1, -0.05) is 6.42 Å². The summed E-state index contributed by atoms with van der Waals surface area (Å²) in [6, 6.07) is 1.15. The van der Waals surface area contributed by atoms with Gasteiger partial charge in [0.05, 0.1) is 19.8 Å². The van der Waals surface area contributed by atoms with E-state index < -0.39 is 0 Å². The summed E-state index contributed by atoms with van der Waals surface area (Å²) in [5, 5.41) is 3.24. The lowest BCUT2D eigenvalue weighted by Gasteiger charge is -2.37. The fourth-order valence-corrected chi connectivity index (χ4v) is 3.51. The molecular weight excluding hydrogens is 290 g/mol. The molecule has 2 atom stereocenters. The molecule has 2 unspecified atom stereocenters. The number of likely N-dealkylation sites (tertiary alicyclic amines) is 1. The summed E-state index contributed by atoms with van der Waals surface area (Å²) in [6.45, 7) is 12.4. The van der Waals surface area contributed by atoms with Gasteiger partial charge in [0.25, 0.3) is 0 Å². The molecule has 0 bridgehead atoms. The minimum absolute atomic E-state index is 0.471. The second-order valence-corrected chi connectivity index (χ2v) is 6.89. The van der Waals surface area contributed by atoms with E-state index in [1.165, 1.54) is 25.8 Å². The first-order valence-corrected chi connectivity index (χ1v) is 9.26. The van der Waals surface area contributed by atoms with Gasteiger partial charge in [0.1, 0.15) is 0 Å². The van der Waals surface area contributed by atoms with Crippen LogP contribution in [0.1, 0.15) is 39.5 Å². The van der Waals surface area contributed by atoms with E-state index in [1.807, 2.05) is 0 Å². The lowest BCUT2D eigenvalue weighted by molar-refractivity contribution is 0.0376. The third kappa shape index (κ3) is 6.65. The van der Waals surface area contributed by atoms with Gasteiger partial charge in [-0.15, -0.1) is 0 Å². The molecule has 2 fully saturated rings. The summed E-state index contributed by atoms with van der Waals surface area (Å²) < 4.78 is 5.36. The highest BCUT2D eigenvalue weighted by Crippen LogP contribution is 2.18. The molecule has 2 saturated heterocycles. The fourth-order valence-electron chi connectivity index (χ4n) is 3.51. The van der Waals surface area contributed by atoms with Crippen molar-refractivity contribution in [2.45, 2.75) is 51.6 Å². The van der Waals surface area contributed by atoms with Crippen molar-refractivity contribution in [2.75, 3.05) is 52.5 Å². The van der Waals surface area contributed by atoms with Crippen molar-refractivity contribution >= 4 is 5.96 Å². The molecule has 2 heterocycles. The predicted octanol–water partition coefficient (Wildman–Crippen LogP) is 0.876. The number of guanidine groups is 1. The number of hydrogen-bond acceptors (Lipinski definition) is 4. The number of aliphatic imine (C=N–C) groups is 1. The summed E-state index contributed by atoms with van der Waals surface area (Å²) in [5.74, 6) is 0.587. The van der Waals surface area contributed by atoms with Gasteiger partial charge in [-0.05, 0) is 46.2 Å². The fraction of sp³-hybridized carbons (Fsp3) is 0.941.